The van der Waals surface area contributed by atoms with E-state index in [2.05, 4.69) is 40.2 Å². The summed E-state index contributed by atoms with van der Waals surface area (Å²) < 4.78 is 1.39. The maximum absolute atomic E-state index is 13.1. The van der Waals surface area contributed by atoms with Crippen molar-refractivity contribution >= 4 is 34.2 Å². The Kier molecular flexibility index (Phi) is 5.89. The van der Waals surface area contributed by atoms with Gasteiger partial charge in [-0.05, 0) is 37.0 Å². The van der Waals surface area contributed by atoms with Crippen LogP contribution in [0, 0.1) is 6.92 Å². The van der Waals surface area contributed by atoms with Crippen molar-refractivity contribution in [3.8, 4) is 0 Å². The molecule has 0 atom stereocenters. The Morgan fingerprint density at radius 2 is 1.87 bits per heavy atom. The van der Waals surface area contributed by atoms with Crippen LogP contribution in [-0.2, 0) is 0 Å². The van der Waals surface area contributed by atoms with Gasteiger partial charge in [-0.25, -0.2) is 4.98 Å². The summed E-state index contributed by atoms with van der Waals surface area (Å²) in [5.41, 5.74) is 4.13. The largest absolute Gasteiger partial charge is 0.349 e. The second-order valence-electron chi connectivity index (χ2n) is 7.50. The van der Waals surface area contributed by atoms with Gasteiger partial charge < -0.3 is 4.98 Å². The lowest BCUT2D eigenvalue weighted by Crippen LogP contribution is -2.20. The molecule has 1 N–H and O–H groups in total. The van der Waals surface area contributed by atoms with Crippen LogP contribution in [0.15, 0.2) is 70.1 Å². The standard InChI is InChI=1S/C25H26N4O/c1-3-4-6-13-20(16-19-11-7-5-8-12-19)17-26-29-18(2)27-23-21-14-9-10-15-22(21)28-24(23)25(29)30/h5,7-12,14-17,28H,3-4,6,13H2,1-2H3/b20-16-,26-17-. The molecule has 2 aromatic heterocycles. The molecule has 0 spiro atoms. The molecule has 4 aromatic rings. The minimum atomic E-state index is -0.183. The molecule has 4 rings (SSSR count). The topological polar surface area (TPSA) is 63.0 Å². The van der Waals surface area contributed by atoms with Crippen LogP contribution < -0.4 is 5.56 Å². The molecule has 0 unspecified atom stereocenters. The van der Waals surface area contributed by atoms with Crippen molar-refractivity contribution in [2.24, 2.45) is 5.10 Å². The first kappa shape index (κ1) is 19.8. The minimum absolute atomic E-state index is 0.183. The summed E-state index contributed by atoms with van der Waals surface area (Å²) in [5.74, 6) is 0.570. The van der Waals surface area contributed by atoms with E-state index in [0.717, 1.165) is 41.3 Å². The third-order valence-corrected chi connectivity index (χ3v) is 5.22. The first-order valence-electron chi connectivity index (χ1n) is 10.5. The summed E-state index contributed by atoms with van der Waals surface area (Å²) in [4.78, 5) is 21.0. The number of aryl methyl sites for hydroxylation is 1. The zero-order valence-electron chi connectivity index (χ0n) is 17.4. The summed E-state index contributed by atoms with van der Waals surface area (Å²) in [6.07, 6.45) is 8.27. The van der Waals surface area contributed by atoms with E-state index in [0.29, 0.717) is 16.9 Å². The van der Waals surface area contributed by atoms with E-state index in [4.69, 9.17) is 0 Å². The summed E-state index contributed by atoms with van der Waals surface area (Å²) in [7, 11) is 0. The number of H-pyrrole nitrogens is 1. The van der Waals surface area contributed by atoms with Crippen LogP contribution in [0.2, 0.25) is 0 Å². The molecule has 0 saturated carbocycles. The predicted octanol–water partition coefficient (Wildman–Crippen LogP) is 5.68. The number of aromatic nitrogens is 3. The molecule has 5 heteroatoms. The summed E-state index contributed by atoms with van der Waals surface area (Å²) in [6, 6.07) is 18.0. The van der Waals surface area contributed by atoms with Crippen molar-refractivity contribution in [2.75, 3.05) is 0 Å². The fourth-order valence-electron chi connectivity index (χ4n) is 3.64. The molecule has 0 saturated heterocycles. The number of nitrogens with one attached hydrogen (secondary N) is 1. The second-order valence-corrected chi connectivity index (χ2v) is 7.50. The molecule has 0 aliphatic rings. The van der Waals surface area contributed by atoms with Gasteiger partial charge in [0.15, 0.2) is 0 Å². The molecular weight excluding hydrogens is 372 g/mol. The Balaban J connectivity index is 1.73. The molecule has 0 amide bonds. The van der Waals surface area contributed by atoms with Gasteiger partial charge >= 0.3 is 0 Å². The van der Waals surface area contributed by atoms with Gasteiger partial charge in [-0.15, -0.1) is 0 Å². The lowest BCUT2D eigenvalue weighted by atomic mass is 10.1. The van der Waals surface area contributed by atoms with E-state index in [9.17, 15) is 4.79 Å². The molecule has 152 valence electrons. The highest BCUT2D eigenvalue weighted by atomic mass is 16.1. The van der Waals surface area contributed by atoms with Crippen molar-refractivity contribution < 1.29 is 0 Å². The molecule has 30 heavy (non-hydrogen) atoms. The van der Waals surface area contributed by atoms with E-state index < -0.39 is 0 Å². The number of fused-ring (bicyclic) bond motifs is 3. The number of hydrogen-bond acceptors (Lipinski definition) is 3. The fourth-order valence-corrected chi connectivity index (χ4v) is 3.64. The van der Waals surface area contributed by atoms with Crippen LogP contribution in [0.3, 0.4) is 0 Å². The van der Waals surface area contributed by atoms with Gasteiger partial charge in [0.05, 0.1) is 6.21 Å². The average Bonchev–Trinajstić information content (AvgIpc) is 3.13. The predicted molar refractivity (Wildman–Crippen MR) is 125 cm³/mol. The van der Waals surface area contributed by atoms with Crippen molar-refractivity contribution in [3.63, 3.8) is 0 Å². The lowest BCUT2D eigenvalue weighted by Gasteiger charge is -2.05. The van der Waals surface area contributed by atoms with E-state index in [1.807, 2.05) is 49.4 Å². The first-order valence-corrected chi connectivity index (χ1v) is 10.5. The Hall–Kier alpha value is -3.47. The van der Waals surface area contributed by atoms with Crippen LogP contribution in [0.1, 0.15) is 44.0 Å². The van der Waals surface area contributed by atoms with Crippen molar-refractivity contribution in [3.05, 3.63) is 81.9 Å². The van der Waals surface area contributed by atoms with Crippen molar-refractivity contribution in [1.82, 2.24) is 14.6 Å². The number of aromatic amines is 1. The first-order chi connectivity index (χ1) is 14.7. The smallest absolute Gasteiger partial charge is 0.298 e. The highest BCUT2D eigenvalue weighted by Crippen LogP contribution is 2.21. The van der Waals surface area contributed by atoms with Crippen LogP contribution in [0.25, 0.3) is 28.0 Å². The summed E-state index contributed by atoms with van der Waals surface area (Å²) >= 11 is 0. The summed E-state index contributed by atoms with van der Waals surface area (Å²) in [5, 5.41) is 5.48. The zero-order valence-corrected chi connectivity index (χ0v) is 17.4. The SMILES string of the molecule is CCCCCC(/C=N\n1c(C)nc2c([nH]c3ccccc32)c1=O)=C/c1ccccc1. The van der Waals surface area contributed by atoms with Crippen molar-refractivity contribution in [1.29, 1.82) is 0 Å². The van der Waals surface area contributed by atoms with Gasteiger partial charge in [-0.1, -0.05) is 74.4 Å². The van der Waals surface area contributed by atoms with Gasteiger partial charge in [0.25, 0.3) is 5.56 Å². The maximum Gasteiger partial charge on any atom is 0.298 e. The quantitative estimate of drug-likeness (QED) is 0.321. The molecule has 2 heterocycles. The number of benzene rings is 2. The number of unbranched alkanes of at least 4 members (excludes halogenated alkanes) is 2. The Labute approximate surface area is 175 Å². The van der Waals surface area contributed by atoms with E-state index in [-0.39, 0.29) is 5.56 Å². The number of nitrogens with zero attached hydrogens (tertiary/aromatic N) is 3. The van der Waals surface area contributed by atoms with E-state index in [1.165, 1.54) is 11.1 Å². The number of para-hydroxylation sites is 1. The third-order valence-electron chi connectivity index (χ3n) is 5.22. The monoisotopic (exact) mass is 398 g/mol. The fraction of sp³-hybridized carbons (Fsp3) is 0.240. The second kappa shape index (κ2) is 8.91. The molecule has 0 fully saturated rings. The molecule has 0 bridgehead atoms. The number of rotatable bonds is 7. The van der Waals surface area contributed by atoms with Gasteiger partial charge in [-0.2, -0.15) is 9.78 Å². The Morgan fingerprint density at radius 1 is 1.10 bits per heavy atom. The van der Waals surface area contributed by atoms with Gasteiger partial charge in [0.1, 0.15) is 16.9 Å². The minimum Gasteiger partial charge on any atom is -0.349 e. The Bertz CT molecular complexity index is 1280. The summed E-state index contributed by atoms with van der Waals surface area (Å²) in [6.45, 7) is 4.01. The molecular formula is C25H26N4O. The highest BCUT2D eigenvalue weighted by Gasteiger charge is 2.12. The van der Waals surface area contributed by atoms with Crippen LogP contribution in [0.4, 0.5) is 0 Å². The highest BCUT2D eigenvalue weighted by molar-refractivity contribution is 6.04. The molecule has 0 aliphatic heterocycles. The van der Waals surface area contributed by atoms with Gasteiger partial charge in [0.2, 0.25) is 0 Å². The van der Waals surface area contributed by atoms with Crippen LogP contribution >= 0.6 is 0 Å². The molecule has 0 aliphatic carbocycles. The maximum atomic E-state index is 13.1. The lowest BCUT2D eigenvalue weighted by molar-refractivity contribution is 0.722. The van der Waals surface area contributed by atoms with E-state index >= 15 is 0 Å². The van der Waals surface area contributed by atoms with Gasteiger partial charge in [0, 0.05) is 10.9 Å². The Morgan fingerprint density at radius 3 is 2.67 bits per heavy atom. The third kappa shape index (κ3) is 4.10. The van der Waals surface area contributed by atoms with Crippen LogP contribution in [-0.4, -0.2) is 20.9 Å². The van der Waals surface area contributed by atoms with Crippen LogP contribution in [0.5, 0.6) is 0 Å². The molecule has 2 aromatic carbocycles. The zero-order chi connectivity index (χ0) is 20.9. The molecule has 0 radical (unpaired) electrons. The number of hydrogen-bond donors (Lipinski definition) is 1. The van der Waals surface area contributed by atoms with E-state index in [1.54, 1.807) is 6.21 Å². The molecule has 5 nitrogen and oxygen atoms in total. The average molecular weight is 399 g/mol. The van der Waals surface area contributed by atoms with Crippen molar-refractivity contribution in [2.45, 2.75) is 39.5 Å². The van der Waals surface area contributed by atoms with Gasteiger partial charge in [-0.3, -0.25) is 4.79 Å². The number of allylic oxidation sites excluding steroid dienone is 1. The normalized spacial score (nSPS) is 12.4.